The van der Waals surface area contributed by atoms with Gasteiger partial charge in [-0.1, -0.05) is 18.2 Å². The lowest BCUT2D eigenvalue weighted by atomic mass is 10.1. The van der Waals surface area contributed by atoms with E-state index in [4.69, 9.17) is 23.4 Å². The molecule has 7 heteroatoms. The van der Waals surface area contributed by atoms with Crippen molar-refractivity contribution < 1.29 is 4.39 Å². The SMILES string of the molecule is C=C(NP)/C(=C\C(Cl)=N/Cl)c1cccnc1F. The van der Waals surface area contributed by atoms with E-state index in [9.17, 15) is 4.39 Å². The molecule has 0 fully saturated rings. The van der Waals surface area contributed by atoms with E-state index in [0.29, 0.717) is 11.3 Å². The summed E-state index contributed by atoms with van der Waals surface area (Å²) >= 11 is 10.9. The zero-order chi connectivity index (χ0) is 12.8. The van der Waals surface area contributed by atoms with Crippen molar-refractivity contribution >= 4 is 43.5 Å². The topological polar surface area (TPSA) is 37.3 Å². The van der Waals surface area contributed by atoms with Crippen LogP contribution in [-0.2, 0) is 0 Å². The van der Waals surface area contributed by atoms with Gasteiger partial charge in [0.05, 0.1) is 0 Å². The minimum Gasteiger partial charge on any atom is -0.369 e. The number of nitrogens with zero attached hydrogens (tertiary/aromatic N) is 2. The second kappa shape index (κ2) is 6.70. The Bertz CT molecular complexity index is 488. The van der Waals surface area contributed by atoms with Gasteiger partial charge in [0, 0.05) is 34.8 Å². The van der Waals surface area contributed by atoms with Crippen molar-refractivity contribution in [3.63, 3.8) is 0 Å². The molecule has 0 radical (unpaired) electrons. The highest BCUT2D eigenvalue weighted by Crippen LogP contribution is 2.23. The molecule has 1 N–H and O–H groups in total. The summed E-state index contributed by atoms with van der Waals surface area (Å²) in [4.78, 5) is 3.55. The van der Waals surface area contributed by atoms with Crippen molar-refractivity contribution in [3.05, 3.63) is 48.2 Å². The van der Waals surface area contributed by atoms with Crippen LogP contribution in [0, 0.1) is 5.95 Å². The Morgan fingerprint density at radius 1 is 1.65 bits per heavy atom. The zero-order valence-corrected chi connectivity index (χ0v) is 11.3. The maximum atomic E-state index is 13.5. The minimum atomic E-state index is -0.626. The van der Waals surface area contributed by atoms with E-state index in [1.54, 1.807) is 12.1 Å². The van der Waals surface area contributed by atoms with E-state index >= 15 is 0 Å². The van der Waals surface area contributed by atoms with E-state index < -0.39 is 5.95 Å². The van der Waals surface area contributed by atoms with Gasteiger partial charge in [-0.2, -0.15) is 8.90 Å². The lowest BCUT2D eigenvalue weighted by molar-refractivity contribution is 0.580. The van der Waals surface area contributed by atoms with Crippen LogP contribution in [0.3, 0.4) is 0 Å². The fraction of sp³-hybridized carbons (Fsp3) is 0. The second-order valence-corrected chi connectivity index (χ2v) is 3.77. The maximum absolute atomic E-state index is 13.5. The molecular formula is C10H9Cl2FN3P. The van der Waals surface area contributed by atoms with Gasteiger partial charge in [0.15, 0.2) is 0 Å². The fourth-order valence-corrected chi connectivity index (χ4v) is 1.45. The van der Waals surface area contributed by atoms with Crippen LogP contribution < -0.4 is 5.09 Å². The van der Waals surface area contributed by atoms with Crippen LogP contribution in [-0.4, -0.2) is 10.2 Å². The first-order chi connectivity index (χ1) is 8.10. The third kappa shape index (κ3) is 3.77. The highest BCUT2D eigenvalue weighted by Gasteiger charge is 2.11. The molecule has 1 unspecified atom stereocenters. The van der Waals surface area contributed by atoms with Gasteiger partial charge in [-0.05, 0) is 27.6 Å². The van der Waals surface area contributed by atoms with Crippen molar-refractivity contribution in [3.8, 4) is 0 Å². The number of allylic oxidation sites excluding steroid dienone is 2. The molecule has 17 heavy (non-hydrogen) atoms. The van der Waals surface area contributed by atoms with Crippen molar-refractivity contribution in [1.29, 1.82) is 0 Å². The van der Waals surface area contributed by atoms with Gasteiger partial charge in [-0.3, -0.25) is 0 Å². The van der Waals surface area contributed by atoms with Gasteiger partial charge >= 0.3 is 0 Å². The quantitative estimate of drug-likeness (QED) is 0.400. The summed E-state index contributed by atoms with van der Waals surface area (Å²) in [5.74, 6) is -0.626. The molecule has 0 spiro atoms. The molecule has 0 bridgehead atoms. The van der Waals surface area contributed by atoms with E-state index in [1.807, 2.05) is 0 Å². The normalized spacial score (nSPS) is 12.5. The van der Waals surface area contributed by atoms with Crippen LogP contribution in [0.5, 0.6) is 0 Å². The molecule has 0 aromatic carbocycles. The number of halogens is 3. The largest absolute Gasteiger partial charge is 0.369 e. The summed E-state index contributed by atoms with van der Waals surface area (Å²) in [5, 5.41) is 2.74. The number of aromatic nitrogens is 1. The van der Waals surface area contributed by atoms with Crippen molar-refractivity contribution in [2.75, 3.05) is 0 Å². The van der Waals surface area contributed by atoms with Crippen LogP contribution in [0.2, 0.25) is 0 Å². The summed E-state index contributed by atoms with van der Waals surface area (Å²) in [7, 11) is 2.26. The molecular weight excluding hydrogens is 283 g/mol. The van der Waals surface area contributed by atoms with Crippen LogP contribution in [0.15, 0.2) is 41.2 Å². The van der Waals surface area contributed by atoms with E-state index in [2.05, 4.69) is 30.6 Å². The minimum absolute atomic E-state index is 0.0197. The van der Waals surface area contributed by atoms with Gasteiger partial charge in [0.25, 0.3) is 0 Å². The lowest BCUT2D eigenvalue weighted by Crippen LogP contribution is -2.03. The van der Waals surface area contributed by atoms with Gasteiger partial charge < -0.3 is 5.09 Å². The summed E-state index contributed by atoms with van der Waals surface area (Å²) in [6, 6.07) is 3.16. The predicted octanol–water partition coefficient (Wildman–Crippen LogP) is 3.29. The first kappa shape index (κ1) is 14.1. The Morgan fingerprint density at radius 3 is 2.88 bits per heavy atom. The van der Waals surface area contributed by atoms with Crippen molar-refractivity contribution in [2.45, 2.75) is 0 Å². The first-order valence-corrected chi connectivity index (χ1v) is 5.72. The van der Waals surface area contributed by atoms with Crippen LogP contribution in [0.1, 0.15) is 5.56 Å². The number of pyridine rings is 1. The Balaban J connectivity index is 3.31. The third-order valence-electron chi connectivity index (χ3n) is 1.89. The molecule has 3 nitrogen and oxygen atoms in total. The Hall–Kier alpha value is -0.960. The summed E-state index contributed by atoms with van der Waals surface area (Å²) in [6.45, 7) is 3.73. The number of hydrogen-bond donors (Lipinski definition) is 1. The van der Waals surface area contributed by atoms with E-state index in [-0.39, 0.29) is 10.7 Å². The maximum Gasteiger partial charge on any atom is 0.220 e. The molecule has 90 valence electrons. The van der Waals surface area contributed by atoms with Gasteiger partial charge in [0.1, 0.15) is 5.17 Å². The van der Waals surface area contributed by atoms with Crippen LogP contribution in [0.4, 0.5) is 4.39 Å². The molecule has 0 aliphatic rings. The van der Waals surface area contributed by atoms with Crippen LogP contribution >= 0.6 is 32.8 Å². The molecule has 0 saturated heterocycles. The predicted molar refractivity (Wildman–Crippen MR) is 73.3 cm³/mol. The molecule has 1 aromatic heterocycles. The molecule has 0 aliphatic carbocycles. The van der Waals surface area contributed by atoms with Gasteiger partial charge in [-0.25, -0.2) is 4.98 Å². The van der Waals surface area contributed by atoms with E-state index in [0.717, 1.165) is 0 Å². The Labute approximate surface area is 111 Å². The van der Waals surface area contributed by atoms with Crippen molar-refractivity contribution in [2.24, 2.45) is 4.51 Å². The third-order valence-corrected chi connectivity index (χ3v) is 2.70. The van der Waals surface area contributed by atoms with E-state index in [1.165, 1.54) is 12.3 Å². The molecule has 0 amide bonds. The van der Waals surface area contributed by atoms with Crippen molar-refractivity contribution in [1.82, 2.24) is 10.1 Å². The Kier molecular flexibility index (Phi) is 5.56. The monoisotopic (exact) mass is 291 g/mol. The smallest absolute Gasteiger partial charge is 0.220 e. The number of rotatable bonds is 4. The van der Waals surface area contributed by atoms with Gasteiger partial charge in [0.2, 0.25) is 5.95 Å². The fourth-order valence-electron chi connectivity index (χ4n) is 1.14. The molecule has 0 aliphatic heterocycles. The molecule has 1 atom stereocenters. The Morgan fingerprint density at radius 2 is 2.35 bits per heavy atom. The number of hydrogen-bond acceptors (Lipinski definition) is 3. The summed E-state index contributed by atoms with van der Waals surface area (Å²) in [5.41, 5.74) is 1.12. The second-order valence-electron chi connectivity index (χ2n) is 2.93. The average Bonchev–Trinajstić information content (AvgIpc) is 2.35. The molecule has 1 rings (SSSR count). The summed E-state index contributed by atoms with van der Waals surface area (Å²) in [6.07, 6.45) is 2.75. The standard InChI is InChI=1S/C10H9Cl2FN3P/c1-6(16-17)8(5-9(11)15-12)7-3-2-4-14-10(7)13/h2-5,16H,1,17H2/b8-5+,15-9+. The zero-order valence-electron chi connectivity index (χ0n) is 8.62. The first-order valence-electron chi connectivity index (χ1n) is 4.43. The number of nitrogens with one attached hydrogen (secondary N) is 1. The molecule has 1 aromatic rings. The average molecular weight is 292 g/mol. The highest BCUT2D eigenvalue weighted by atomic mass is 35.5. The lowest BCUT2D eigenvalue weighted by Gasteiger charge is -2.10. The van der Waals surface area contributed by atoms with Crippen LogP contribution in [0.25, 0.3) is 5.57 Å². The van der Waals surface area contributed by atoms with Gasteiger partial charge in [-0.15, -0.1) is 0 Å². The molecule has 1 heterocycles. The highest BCUT2D eigenvalue weighted by molar-refractivity contribution is 7.14. The summed E-state index contributed by atoms with van der Waals surface area (Å²) < 4.78 is 16.8. The molecule has 0 saturated carbocycles.